The van der Waals surface area contributed by atoms with E-state index in [0.29, 0.717) is 5.56 Å². The number of rotatable bonds is 3. The normalized spacial score (nSPS) is 10.6. The lowest BCUT2D eigenvalue weighted by molar-refractivity contribution is 0.102. The van der Waals surface area contributed by atoms with Crippen molar-refractivity contribution in [2.75, 3.05) is 5.32 Å². The maximum atomic E-state index is 12.1. The summed E-state index contributed by atoms with van der Waals surface area (Å²) in [6, 6.07) is 7.47. The molecule has 1 N–H and O–H groups in total. The molecule has 106 valence electrons. The van der Waals surface area contributed by atoms with Crippen LogP contribution in [-0.2, 0) is 0 Å². The molecule has 0 atom stereocenters. The summed E-state index contributed by atoms with van der Waals surface area (Å²) in [5.41, 5.74) is 3.27. The molecule has 6 nitrogen and oxygen atoms in total. The van der Waals surface area contributed by atoms with Crippen molar-refractivity contribution in [1.29, 1.82) is 0 Å². The highest BCUT2D eigenvalue weighted by molar-refractivity contribution is 14.1. The molecule has 0 unspecified atom stereocenters. The van der Waals surface area contributed by atoms with Gasteiger partial charge in [0.15, 0.2) is 0 Å². The fraction of sp³-hybridized carbons (Fsp3) is 0.0769. The van der Waals surface area contributed by atoms with Gasteiger partial charge in [-0.3, -0.25) is 4.79 Å². The van der Waals surface area contributed by atoms with Crippen LogP contribution in [0.2, 0.25) is 0 Å². The van der Waals surface area contributed by atoms with E-state index < -0.39 is 0 Å². The molecular weight excluding hydrogens is 401 g/mol. The Morgan fingerprint density at radius 3 is 2.86 bits per heavy atom. The van der Waals surface area contributed by atoms with Crippen molar-refractivity contribution in [3.63, 3.8) is 0 Å². The molecule has 0 saturated carbocycles. The Labute approximate surface area is 138 Å². The summed E-state index contributed by atoms with van der Waals surface area (Å²) in [4.78, 5) is 12.1. The first-order valence-corrected chi connectivity index (χ1v) is 7.99. The van der Waals surface area contributed by atoms with Crippen LogP contribution in [0.15, 0.2) is 36.0 Å². The van der Waals surface area contributed by atoms with Crippen molar-refractivity contribution in [2.45, 2.75) is 6.92 Å². The molecule has 1 aromatic carbocycles. The van der Waals surface area contributed by atoms with Gasteiger partial charge in [-0.1, -0.05) is 0 Å². The number of benzene rings is 1. The molecule has 0 radical (unpaired) electrons. The van der Waals surface area contributed by atoms with Crippen molar-refractivity contribution in [2.24, 2.45) is 0 Å². The van der Waals surface area contributed by atoms with Crippen LogP contribution in [0.1, 0.15) is 15.9 Å². The van der Waals surface area contributed by atoms with Crippen LogP contribution in [0.3, 0.4) is 0 Å². The van der Waals surface area contributed by atoms with Gasteiger partial charge in [-0.25, -0.2) is 4.68 Å². The van der Waals surface area contributed by atoms with Gasteiger partial charge in [0.05, 0.1) is 14.1 Å². The molecule has 2 aromatic heterocycles. The summed E-state index contributed by atoms with van der Waals surface area (Å²) in [7, 11) is 0. The third-order valence-electron chi connectivity index (χ3n) is 2.88. The summed E-state index contributed by atoms with van der Waals surface area (Å²) < 4.78 is 2.67. The number of hydrogen-bond acceptors (Lipinski definition) is 5. The van der Waals surface area contributed by atoms with Crippen molar-refractivity contribution in [1.82, 2.24) is 20.2 Å². The minimum Gasteiger partial charge on any atom is -0.322 e. The zero-order valence-corrected chi connectivity index (χ0v) is 13.9. The highest BCUT2D eigenvalue weighted by Crippen LogP contribution is 2.20. The van der Waals surface area contributed by atoms with Gasteiger partial charge in [-0.15, -0.1) is 16.4 Å². The monoisotopic (exact) mass is 411 g/mol. The lowest BCUT2D eigenvalue weighted by Gasteiger charge is -2.08. The Hall–Kier alpha value is -1.81. The minimum atomic E-state index is -0.108. The number of aromatic nitrogens is 4. The number of carbonyl (C=O) groups is 1. The van der Waals surface area contributed by atoms with Gasteiger partial charge in [0.25, 0.3) is 5.91 Å². The number of halogens is 1. The van der Waals surface area contributed by atoms with Gasteiger partial charge in [-0.05, 0) is 69.8 Å². The fourth-order valence-corrected chi connectivity index (χ4v) is 3.22. The first-order chi connectivity index (χ1) is 10.1. The molecule has 2 heterocycles. The van der Waals surface area contributed by atoms with E-state index in [0.717, 1.165) is 19.8 Å². The van der Waals surface area contributed by atoms with Gasteiger partial charge in [0.2, 0.25) is 0 Å². The number of anilines is 1. The highest BCUT2D eigenvalue weighted by atomic mass is 127. The van der Waals surface area contributed by atoms with Crippen LogP contribution in [0.25, 0.3) is 5.69 Å². The maximum absolute atomic E-state index is 12.1. The zero-order chi connectivity index (χ0) is 14.8. The fourth-order valence-electron chi connectivity index (χ4n) is 1.89. The van der Waals surface area contributed by atoms with Crippen molar-refractivity contribution in [3.8, 4) is 5.69 Å². The molecule has 0 aliphatic carbocycles. The summed E-state index contributed by atoms with van der Waals surface area (Å²) >= 11 is 3.74. The Kier molecular flexibility index (Phi) is 3.97. The number of aryl methyl sites for hydroxylation is 1. The van der Waals surface area contributed by atoms with Crippen LogP contribution in [-0.4, -0.2) is 26.1 Å². The van der Waals surface area contributed by atoms with Crippen LogP contribution < -0.4 is 5.32 Å². The molecule has 21 heavy (non-hydrogen) atoms. The molecular formula is C13H10IN5OS. The Morgan fingerprint density at radius 1 is 1.38 bits per heavy atom. The number of nitrogens with zero attached hydrogens (tertiary/aromatic N) is 4. The van der Waals surface area contributed by atoms with Crippen molar-refractivity contribution < 1.29 is 4.79 Å². The van der Waals surface area contributed by atoms with Gasteiger partial charge in [0, 0.05) is 11.1 Å². The van der Waals surface area contributed by atoms with E-state index in [1.807, 2.05) is 36.6 Å². The molecule has 3 rings (SSSR count). The number of hydrogen-bond donors (Lipinski definition) is 1. The molecule has 0 aliphatic rings. The Morgan fingerprint density at radius 2 is 2.24 bits per heavy atom. The maximum Gasteiger partial charge on any atom is 0.256 e. The van der Waals surface area contributed by atoms with E-state index in [1.54, 1.807) is 16.0 Å². The second kappa shape index (κ2) is 5.90. The Balaban J connectivity index is 1.81. The molecule has 1 amide bonds. The summed E-state index contributed by atoms with van der Waals surface area (Å²) in [6.07, 6.45) is 1.54. The number of nitrogens with one attached hydrogen (secondary N) is 1. The van der Waals surface area contributed by atoms with Gasteiger partial charge < -0.3 is 5.32 Å². The number of carbonyl (C=O) groups excluding carboxylic acids is 1. The number of thiophene rings is 1. The lowest BCUT2D eigenvalue weighted by atomic mass is 10.1. The van der Waals surface area contributed by atoms with Gasteiger partial charge >= 0.3 is 0 Å². The third kappa shape index (κ3) is 3.10. The first-order valence-electron chi connectivity index (χ1n) is 6.03. The van der Waals surface area contributed by atoms with E-state index in [2.05, 4.69) is 43.4 Å². The summed E-state index contributed by atoms with van der Waals surface area (Å²) in [5.74, 6) is -0.108. The van der Waals surface area contributed by atoms with Gasteiger partial charge in [0.1, 0.15) is 6.33 Å². The quantitative estimate of drug-likeness (QED) is 0.673. The Bertz CT molecular complexity index is 784. The molecule has 0 saturated heterocycles. The van der Waals surface area contributed by atoms with Crippen molar-refractivity contribution >= 4 is 45.5 Å². The first kappa shape index (κ1) is 14.1. The van der Waals surface area contributed by atoms with Crippen LogP contribution in [0.5, 0.6) is 0 Å². The van der Waals surface area contributed by atoms with E-state index in [1.165, 1.54) is 6.33 Å². The third-order valence-corrected chi connectivity index (χ3v) is 4.67. The number of tetrazole rings is 1. The van der Waals surface area contributed by atoms with Crippen LogP contribution >= 0.6 is 33.9 Å². The second-order valence-corrected chi connectivity index (χ2v) is 7.15. The zero-order valence-electron chi connectivity index (χ0n) is 10.9. The standard InChI is InChI=1S/C13H10IN5OS/c1-8-4-10(2-3-11(8)19-7-15-17-18-19)16-13(20)9-5-12(14)21-6-9/h2-7H,1H3,(H,16,20). The van der Waals surface area contributed by atoms with E-state index in [9.17, 15) is 4.79 Å². The lowest BCUT2D eigenvalue weighted by Crippen LogP contribution is -2.11. The van der Waals surface area contributed by atoms with Gasteiger partial charge in [-0.2, -0.15) is 0 Å². The molecule has 8 heteroatoms. The predicted molar refractivity (Wildman–Crippen MR) is 88.9 cm³/mol. The second-order valence-electron chi connectivity index (χ2n) is 4.35. The number of amides is 1. The largest absolute Gasteiger partial charge is 0.322 e. The summed E-state index contributed by atoms with van der Waals surface area (Å²) in [6.45, 7) is 1.94. The van der Waals surface area contributed by atoms with E-state index in [4.69, 9.17) is 0 Å². The summed E-state index contributed by atoms with van der Waals surface area (Å²) in [5, 5.41) is 15.8. The van der Waals surface area contributed by atoms with E-state index in [-0.39, 0.29) is 5.91 Å². The van der Waals surface area contributed by atoms with Crippen molar-refractivity contribution in [3.05, 3.63) is 50.0 Å². The molecule has 0 bridgehead atoms. The molecule has 0 spiro atoms. The average Bonchev–Trinajstić information content (AvgIpc) is 3.10. The molecule has 0 aliphatic heterocycles. The predicted octanol–water partition coefficient (Wildman–Crippen LogP) is 2.89. The molecule has 0 fully saturated rings. The highest BCUT2D eigenvalue weighted by Gasteiger charge is 2.10. The molecule has 3 aromatic rings. The van der Waals surface area contributed by atoms with Crippen LogP contribution in [0.4, 0.5) is 5.69 Å². The van der Waals surface area contributed by atoms with Crippen LogP contribution in [0, 0.1) is 9.81 Å². The average molecular weight is 411 g/mol. The smallest absolute Gasteiger partial charge is 0.256 e. The van der Waals surface area contributed by atoms with E-state index >= 15 is 0 Å². The SMILES string of the molecule is Cc1cc(NC(=O)c2csc(I)c2)ccc1-n1cnnn1. The minimum absolute atomic E-state index is 0.108. The topological polar surface area (TPSA) is 72.7 Å².